The zero-order chi connectivity index (χ0) is 16.8. The fourth-order valence-corrected chi connectivity index (χ4v) is 3.18. The lowest BCUT2D eigenvalue weighted by atomic mass is 10.0. The van der Waals surface area contributed by atoms with Gasteiger partial charge in [0.2, 0.25) is 0 Å². The molecule has 0 amide bonds. The highest BCUT2D eigenvalue weighted by Gasteiger charge is 2.19. The minimum absolute atomic E-state index is 0.227. The van der Waals surface area contributed by atoms with Crippen LogP contribution in [0.25, 0.3) is 0 Å². The predicted molar refractivity (Wildman–Crippen MR) is 92.5 cm³/mol. The Labute approximate surface area is 135 Å². The first-order valence-electron chi connectivity index (χ1n) is 7.98. The topological polar surface area (TPSA) is 43.4 Å². The molecule has 0 saturated carbocycles. The number of hydrogen-bond acceptors (Lipinski definition) is 3. The zero-order valence-electron chi connectivity index (χ0n) is 14.5. The predicted octanol–water partition coefficient (Wildman–Crippen LogP) is 3.81. The fraction of sp³-hybridized carbons (Fsp3) is 0.647. The molecule has 1 aromatic rings. The molecule has 1 atom stereocenters. The van der Waals surface area contributed by atoms with Crippen molar-refractivity contribution in [3.8, 4) is 0 Å². The Balaban J connectivity index is 2.63. The van der Waals surface area contributed by atoms with Gasteiger partial charge in [-0.3, -0.25) is 8.67 Å². The minimum atomic E-state index is -3.66. The van der Waals surface area contributed by atoms with Crippen LogP contribution in [0.3, 0.4) is 0 Å². The summed E-state index contributed by atoms with van der Waals surface area (Å²) in [7, 11) is 2.46. The SMILES string of the molecule is CCCCCC(C)COS(=O)(=O)c1ccc([N+](C)(C)C)cc1. The van der Waals surface area contributed by atoms with E-state index in [0.29, 0.717) is 4.48 Å². The molecule has 0 aromatic heterocycles. The maximum Gasteiger partial charge on any atom is 0.296 e. The third-order valence-corrected chi connectivity index (χ3v) is 5.00. The lowest BCUT2D eigenvalue weighted by Crippen LogP contribution is -2.34. The molecule has 0 heterocycles. The molecule has 0 aliphatic rings. The Morgan fingerprint density at radius 2 is 1.68 bits per heavy atom. The van der Waals surface area contributed by atoms with E-state index in [2.05, 4.69) is 6.92 Å². The zero-order valence-corrected chi connectivity index (χ0v) is 15.3. The van der Waals surface area contributed by atoms with E-state index in [9.17, 15) is 8.42 Å². The summed E-state index contributed by atoms with van der Waals surface area (Å²) >= 11 is 0. The Kier molecular flexibility index (Phi) is 7.03. The van der Waals surface area contributed by atoms with Crippen LogP contribution in [0.4, 0.5) is 5.69 Å². The van der Waals surface area contributed by atoms with Crippen molar-refractivity contribution in [3.05, 3.63) is 24.3 Å². The average molecular weight is 328 g/mol. The number of unbranched alkanes of at least 4 members (excludes halogenated alkanes) is 2. The largest absolute Gasteiger partial charge is 0.298 e. The molecule has 0 fully saturated rings. The van der Waals surface area contributed by atoms with E-state index in [0.717, 1.165) is 18.5 Å². The smallest absolute Gasteiger partial charge is 0.296 e. The molecular weight excluding hydrogens is 298 g/mol. The van der Waals surface area contributed by atoms with Gasteiger partial charge in [0.05, 0.1) is 32.6 Å². The van der Waals surface area contributed by atoms with Crippen LogP contribution in [-0.2, 0) is 14.3 Å². The number of benzene rings is 1. The maximum absolute atomic E-state index is 12.2. The summed E-state index contributed by atoms with van der Waals surface area (Å²) in [5.74, 6) is 0.256. The van der Waals surface area contributed by atoms with E-state index in [1.165, 1.54) is 12.8 Å². The van der Waals surface area contributed by atoms with Crippen LogP contribution in [0.2, 0.25) is 0 Å². The third-order valence-electron chi connectivity index (χ3n) is 3.71. The molecule has 0 radical (unpaired) electrons. The second-order valence-electron chi connectivity index (χ2n) is 6.85. The van der Waals surface area contributed by atoms with Gasteiger partial charge in [0.25, 0.3) is 10.1 Å². The molecule has 0 aliphatic heterocycles. The van der Waals surface area contributed by atoms with E-state index in [1.807, 2.05) is 40.2 Å². The summed E-state index contributed by atoms with van der Waals surface area (Å²) in [6, 6.07) is 6.91. The van der Waals surface area contributed by atoms with Gasteiger partial charge >= 0.3 is 0 Å². The molecule has 1 unspecified atom stereocenters. The summed E-state index contributed by atoms with van der Waals surface area (Å²) in [5.41, 5.74) is 1.05. The van der Waals surface area contributed by atoms with Crippen LogP contribution in [0, 0.1) is 5.92 Å². The number of quaternary nitrogens is 1. The van der Waals surface area contributed by atoms with E-state index in [-0.39, 0.29) is 17.4 Å². The van der Waals surface area contributed by atoms with Crippen molar-refractivity contribution in [1.82, 2.24) is 4.48 Å². The van der Waals surface area contributed by atoms with Gasteiger partial charge in [0, 0.05) is 12.1 Å². The van der Waals surface area contributed by atoms with E-state index < -0.39 is 10.1 Å². The number of nitrogens with zero attached hydrogens (tertiary/aromatic N) is 1. The molecule has 1 aromatic carbocycles. The molecule has 0 spiro atoms. The van der Waals surface area contributed by atoms with Gasteiger partial charge in [0.15, 0.2) is 0 Å². The van der Waals surface area contributed by atoms with Crippen LogP contribution >= 0.6 is 0 Å². The first-order chi connectivity index (χ1) is 10.2. The monoisotopic (exact) mass is 328 g/mol. The first-order valence-corrected chi connectivity index (χ1v) is 9.39. The van der Waals surface area contributed by atoms with Gasteiger partial charge in [-0.1, -0.05) is 33.1 Å². The Hall–Kier alpha value is -0.910. The van der Waals surface area contributed by atoms with Crippen molar-refractivity contribution < 1.29 is 12.6 Å². The first kappa shape index (κ1) is 19.1. The average Bonchev–Trinajstić information content (AvgIpc) is 2.45. The van der Waals surface area contributed by atoms with Gasteiger partial charge in [-0.25, -0.2) is 0 Å². The van der Waals surface area contributed by atoms with Gasteiger partial charge in [-0.15, -0.1) is 0 Å². The summed E-state index contributed by atoms with van der Waals surface area (Å²) in [4.78, 5) is 0.227. The Morgan fingerprint density at radius 3 is 2.18 bits per heavy atom. The van der Waals surface area contributed by atoms with Crippen LogP contribution in [0.15, 0.2) is 29.2 Å². The van der Waals surface area contributed by atoms with Gasteiger partial charge in [-0.2, -0.15) is 8.42 Å². The molecule has 4 nitrogen and oxygen atoms in total. The van der Waals surface area contributed by atoms with Gasteiger partial charge < -0.3 is 0 Å². The van der Waals surface area contributed by atoms with Crippen molar-refractivity contribution in [2.24, 2.45) is 5.92 Å². The second-order valence-corrected chi connectivity index (χ2v) is 8.46. The lowest BCUT2D eigenvalue weighted by Gasteiger charge is -2.23. The van der Waals surface area contributed by atoms with Crippen LogP contribution in [0.1, 0.15) is 39.5 Å². The van der Waals surface area contributed by atoms with Gasteiger partial charge in [0.1, 0.15) is 5.69 Å². The van der Waals surface area contributed by atoms with Crippen LogP contribution < -0.4 is 4.48 Å². The van der Waals surface area contributed by atoms with E-state index in [4.69, 9.17) is 4.18 Å². The summed E-state index contributed by atoms with van der Waals surface area (Å²) < 4.78 is 30.2. The van der Waals surface area contributed by atoms with Crippen LogP contribution in [-0.4, -0.2) is 36.2 Å². The quantitative estimate of drug-likeness (QED) is 0.393. The standard InChI is InChI=1S/C17H30NO3S/c1-6-7-8-9-15(2)14-21-22(19,20)17-12-10-16(11-13-17)18(3,4)5/h10-13,15H,6-9,14H2,1-5H3/q+1. The lowest BCUT2D eigenvalue weighted by molar-refractivity contribution is 0.254. The molecular formula is C17H30NO3S+. The molecule has 0 saturated heterocycles. The van der Waals surface area contributed by atoms with Crippen molar-refractivity contribution in [3.63, 3.8) is 0 Å². The molecule has 5 heteroatoms. The van der Waals surface area contributed by atoms with Crippen molar-refractivity contribution in [2.75, 3.05) is 27.7 Å². The molecule has 0 N–H and O–H groups in total. The normalized spacial score (nSPS) is 14.0. The van der Waals surface area contributed by atoms with Crippen molar-refractivity contribution in [1.29, 1.82) is 0 Å². The highest BCUT2D eigenvalue weighted by molar-refractivity contribution is 7.86. The second kappa shape index (κ2) is 8.09. The Morgan fingerprint density at radius 1 is 1.09 bits per heavy atom. The van der Waals surface area contributed by atoms with E-state index >= 15 is 0 Å². The highest BCUT2D eigenvalue weighted by atomic mass is 32.2. The fourth-order valence-electron chi connectivity index (χ4n) is 2.16. The van der Waals surface area contributed by atoms with E-state index in [1.54, 1.807) is 12.1 Å². The summed E-state index contributed by atoms with van der Waals surface area (Å²) in [6.07, 6.45) is 4.48. The minimum Gasteiger partial charge on any atom is -0.298 e. The molecule has 22 heavy (non-hydrogen) atoms. The third kappa shape index (κ3) is 6.07. The summed E-state index contributed by atoms with van der Waals surface area (Å²) in [5, 5.41) is 0. The molecule has 0 bridgehead atoms. The number of hydrogen-bond donors (Lipinski definition) is 0. The van der Waals surface area contributed by atoms with Gasteiger partial charge in [-0.05, 0) is 24.5 Å². The number of rotatable bonds is 9. The Bertz CT molecular complexity index is 544. The molecule has 0 aliphatic carbocycles. The summed E-state index contributed by atoms with van der Waals surface area (Å²) in [6.45, 7) is 4.44. The molecule has 126 valence electrons. The highest BCUT2D eigenvalue weighted by Crippen LogP contribution is 2.21. The maximum atomic E-state index is 12.2. The van der Waals surface area contributed by atoms with Crippen molar-refractivity contribution in [2.45, 2.75) is 44.4 Å². The molecule has 1 rings (SSSR count). The van der Waals surface area contributed by atoms with Crippen LogP contribution in [0.5, 0.6) is 0 Å². The van der Waals surface area contributed by atoms with Crippen molar-refractivity contribution >= 4 is 15.8 Å².